The van der Waals surface area contributed by atoms with E-state index in [4.69, 9.17) is 0 Å². The Morgan fingerprint density at radius 2 is 2.06 bits per heavy atom. The van der Waals surface area contributed by atoms with Crippen molar-refractivity contribution in [1.82, 2.24) is 4.57 Å². The molecule has 0 aliphatic carbocycles. The third-order valence-electron chi connectivity index (χ3n) is 2.74. The maximum absolute atomic E-state index is 10.7. The van der Waals surface area contributed by atoms with Gasteiger partial charge < -0.3 is 9.36 Å². The summed E-state index contributed by atoms with van der Waals surface area (Å²) in [6, 6.07) is 10.4. The van der Waals surface area contributed by atoms with E-state index in [1.165, 1.54) is 10.9 Å². The lowest BCUT2D eigenvalue weighted by atomic mass is 10.2. The van der Waals surface area contributed by atoms with Gasteiger partial charge in [0.15, 0.2) is 0 Å². The summed E-state index contributed by atoms with van der Waals surface area (Å²) in [6.07, 6.45) is 1.48. The van der Waals surface area contributed by atoms with Crippen molar-refractivity contribution >= 4 is 17.2 Å². The van der Waals surface area contributed by atoms with Gasteiger partial charge in [0.2, 0.25) is 0 Å². The highest BCUT2D eigenvalue weighted by atomic mass is 16.1. The number of aldehydes is 1. The topological polar surface area (TPSA) is 22.0 Å². The minimum absolute atomic E-state index is 0.501. The quantitative estimate of drug-likeness (QED) is 0.718. The lowest BCUT2D eigenvalue weighted by Gasteiger charge is -2.11. The van der Waals surface area contributed by atoms with Crippen molar-refractivity contribution in [1.29, 1.82) is 0 Å². The molecule has 1 heterocycles. The average Bonchev–Trinajstić information content (AvgIpc) is 2.57. The van der Waals surface area contributed by atoms with Crippen molar-refractivity contribution in [2.75, 3.05) is 0 Å². The summed E-state index contributed by atoms with van der Waals surface area (Å²) in [6.45, 7) is 5.36. The Hall–Kier alpha value is -1.57. The minimum Gasteiger partial charge on any atom is -0.344 e. The van der Waals surface area contributed by atoms with E-state index in [2.05, 4.69) is 36.6 Å². The maximum atomic E-state index is 10.7. The molecule has 1 aromatic heterocycles. The van der Waals surface area contributed by atoms with Gasteiger partial charge in [0.1, 0.15) is 6.29 Å². The fraction of sp³-hybridized carbons (Fsp3) is 0.357. The van der Waals surface area contributed by atoms with E-state index in [1.807, 2.05) is 12.1 Å². The number of fused-ring (bicyclic) bond motifs is 1. The van der Waals surface area contributed by atoms with Crippen LogP contribution >= 0.6 is 0 Å². The van der Waals surface area contributed by atoms with Crippen LogP contribution in [0.4, 0.5) is 0 Å². The van der Waals surface area contributed by atoms with E-state index >= 15 is 0 Å². The number of benzene rings is 1. The van der Waals surface area contributed by atoms with E-state index in [0.29, 0.717) is 12.3 Å². The summed E-state index contributed by atoms with van der Waals surface area (Å²) in [4.78, 5) is 10.7. The predicted octanol–water partition coefficient (Wildman–Crippen LogP) is 3.04. The Morgan fingerprint density at radius 1 is 1.31 bits per heavy atom. The Labute approximate surface area is 95.9 Å². The molecular weight excluding hydrogens is 198 g/mol. The standard InChI is InChI=1S/C14H17NO/c1-11(2)10-15-13(7-8-16)9-12-5-3-4-6-14(12)15/h3-6,8-9,11H,7,10H2,1-2H3. The number of hydrogen-bond donors (Lipinski definition) is 0. The second-order valence-corrected chi connectivity index (χ2v) is 4.57. The van der Waals surface area contributed by atoms with Crippen molar-refractivity contribution in [3.05, 3.63) is 36.0 Å². The summed E-state index contributed by atoms with van der Waals surface area (Å²) in [7, 11) is 0. The molecule has 0 fully saturated rings. The van der Waals surface area contributed by atoms with E-state index in [-0.39, 0.29) is 0 Å². The zero-order chi connectivity index (χ0) is 11.5. The molecule has 1 aromatic carbocycles. The molecule has 0 N–H and O–H groups in total. The molecule has 0 spiro atoms. The van der Waals surface area contributed by atoms with Gasteiger partial charge in [0.25, 0.3) is 0 Å². The molecule has 2 heteroatoms. The second kappa shape index (κ2) is 4.52. The Balaban J connectivity index is 2.54. The van der Waals surface area contributed by atoms with Crippen LogP contribution < -0.4 is 0 Å². The number of hydrogen-bond acceptors (Lipinski definition) is 1. The number of carbonyl (C=O) groups is 1. The monoisotopic (exact) mass is 215 g/mol. The van der Waals surface area contributed by atoms with E-state index in [0.717, 1.165) is 18.5 Å². The molecule has 0 atom stereocenters. The molecule has 0 amide bonds. The zero-order valence-electron chi connectivity index (χ0n) is 9.81. The first-order valence-corrected chi connectivity index (χ1v) is 5.73. The van der Waals surface area contributed by atoms with Crippen LogP contribution in [0.15, 0.2) is 30.3 Å². The van der Waals surface area contributed by atoms with Gasteiger partial charge in [-0.3, -0.25) is 0 Å². The smallest absolute Gasteiger partial charge is 0.125 e. The van der Waals surface area contributed by atoms with Gasteiger partial charge in [-0.15, -0.1) is 0 Å². The van der Waals surface area contributed by atoms with Gasteiger partial charge in [0, 0.05) is 24.2 Å². The van der Waals surface area contributed by atoms with Crippen LogP contribution in [0.2, 0.25) is 0 Å². The van der Waals surface area contributed by atoms with E-state index in [9.17, 15) is 4.79 Å². The third kappa shape index (κ3) is 2.01. The summed E-state index contributed by atoms with van der Waals surface area (Å²) >= 11 is 0. The summed E-state index contributed by atoms with van der Waals surface area (Å²) in [5.41, 5.74) is 2.35. The average molecular weight is 215 g/mol. The molecule has 0 aliphatic heterocycles. The van der Waals surface area contributed by atoms with Crippen LogP contribution in [0.3, 0.4) is 0 Å². The van der Waals surface area contributed by atoms with Crippen LogP contribution in [0, 0.1) is 5.92 Å². The molecule has 0 bridgehead atoms. The summed E-state index contributed by atoms with van der Waals surface area (Å²) in [5, 5.41) is 1.22. The molecule has 0 saturated heterocycles. The number of para-hydroxylation sites is 1. The highest BCUT2D eigenvalue weighted by Crippen LogP contribution is 2.21. The van der Waals surface area contributed by atoms with Gasteiger partial charge in [0.05, 0.1) is 0 Å². The lowest BCUT2D eigenvalue weighted by molar-refractivity contribution is -0.107. The third-order valence-corrected chi connectivity index (χ3v) is 2.74. The Morgan fingerprint density at radius 3 is 2.75 bits per heavy atom. The first-order chi connectivity index (χ1) is 7.72. The molecule has 0 unspecified atom stereocenters. The van der Waals surface area contributed by atoms with Crippen molar-refractivity contribution in [3.63, 3.8) is 0 Å². The molecule has 0 radical (unpaired) electrons. The normalized spacial score (nSPS) is 11.2. The zero-order valence-corrected chi connectivity index (χ0v) is 9.81. The van der Waals surface area contributed by atoms with Crippen LogP contribution in [0.1, 0.15) is 19.5 Å². The Bertz CT molecular complexity index is 496. The van der Waals surface area contributed by atoms with Gasteiger partial charge in [-0.1, -0.05) is 32.0 Å². The molecule has 84 valence electrons. The molecular formula is C14H17NO. The molecule has 2 aromatic rings. The number of rotatable bonds is 4. The highest BCUT2D eigenvalue weighted by Gasteiger charge is 2.08. The largest absolute Gasteiger partial charge is 0.344 e. The summed E-state index contributed by atoms with van der Waals surface area (Å²) < 4.78 is 2.26. The maximum Gasteiger partial charge on any atom is 0.125 e. The summed E-state index contributed by atoms with van der Waals surface area (Å²) in [5.74, 6) is 0.584. The van der Waals surface area contributed by atoms with Crippen LogP contribution in [-0.4, -0.2) is 10.9 Å². The number of nitrogens with zero attached hydrogens (tertiary/aromatic N) is 1. The number of aromatic nitrogens is 1. The van der Waals surface area contributed by atoms with Crippen LogP contribution in [0.25, 0.3) is 10.9 Å². The van der Waals surface area contributed by atoms with Gasteiger partial charge in [-0.2, -0.15) is 0 Å². The fourth-order valence-electron chi connectivity index (χ4n) is 2.10. The fourth-order valence-corrected chi connectivity index (χ4v) is 2.10. The minimum atomic E-state index is 0.501. The lowest BCUT2D eigenvalue weighted by Crippen LogP contribution is -2.08. The van der Waals surface area contributed by atoms with E-state index < -0.39 is 0 Å². The molecule has 2 rings (SSSR count). The first-order valence-electron chi connectivity index (χ1n) is 5.73. The Kier molecular flexibility index (Phi) is 3.09. The van der Waals surface area contributed by atoms with Crippen LogP contribution in [-0.2, 0) is 17.8 Å². The van der Waals surface area contributed by atoms with Gasteiger partial charge in [-0.25, -0.2) is 0 Å². The van der Waals surface area contributed by atoms with Crippen molar-refractivity contribution in [2.45, 2.75) is 26.8 Å². The predicted molar refractivity (Wildman–Crippen MR) is 66.5 cm³/mol. The highest BCUT2D eigenvalue weighted by molar-refractivity contribution is 5.82. The van der Waals surface area contributed by atoms with Crippen LogP contribution in [0.5, 0.6) is 0 Å². The SMILES string of the molecule is CC(C)Cn1c(CC=O)cc2ccccc21. The number of carbonyl (C=O) groups excluding carboxylic acids is 1. The molecule has 2 nitrogen and oxygen atoms in total. The van der Waals surface area contributed by atoms with Gasteiger partial charge >= 0.3 is 0 Å². The van der Waals surface area contributed by atoms with E-state index in [1.54, 1.807) is 0 Å². The van der Waals surface area contributed by atoms with Crippen molar-refractivity contribution in [2.24, 2.45) is 5.92 Å². The van der Waals surface area contributed by atoms with Crippen molar-refractivity contribution in [3.8, 4) is 0 Å². The first kappa shape index (κ1) is 10.9. The second-order valence-electron chi connectivity index (χ2n) is 4.57. The van der Waals surface area contributed by atoms with Gasteiger partial charge in [-0.05, 0) is 23.4 Å². The van der Waals surface area contributed by atoms with Crippen molar-refractivity contribution < 1.29 is 4.79 Å². The molecule has 0 saturated carbocycles. The molecule has 0 aliphatic rings. The molecule has 16 heavy (non-hydrogen) atoms.